The highest BCUT2D eigenvalue weighted by atomic mass is 15.0. The highest BCUT2D eigenvalue weighted by Gasteiger charge is 2.19. The number of rotatable bonds is 11. The SMILES string of the molecule is C=C/C=C\C(=C/C)C(CNCCN[C@@H](C)C1CCCCC1)C(=C)C. The van der Waals surface area contributed by atoms with Gasteiger partial charge in [-0.3, -0.25) is 0 Å². The van der Waals surface area contributed by atoms with Gasteiger partial charge in [0.1, 0.15) is 0 Å². The van der Waals surface area contributed by atoms with E-state index in [2.05, 4.69) is 56.7 Å². The van der Waals surface area contributed by atoms with Crippen molar-refractivity contribution >= 4 is 0 Å². The van der Waals surface area contributed by atoms with Gasteiger partial charge in [-0.25, -0.2) is 0 Å². The predicted octanol–water partition coefficient (Wildman–Crippen LogP) is 5.02. The molecule has 2 N–H and O–H groups in total. The van der Waals surface area contributed by atoms with Crippen molar-refractivity contribution in [2.75, 3.05) is 19.6 Å². The van der Waals surface area contributed by atoms with Gasteiger partial charge in [0.05, 0.1) is 0 Å². The van der Waals surface area contributed by atoms with Crippen molar-refractivity contribution in [2.24, 2.45) is 11.8 Å². The molecule has 136 valence electrons. The third kappa shape index (κ3) is 7.63. The number of hydrogen-bond donors (Lipinski definition) is 2. The van der Waals surface area contributed by atoms with Gasteiger partial charge < -0.3 is 10.6 Å². The van der Waals surface area contributed by atoms with Crippen LogP contribution in [-0.4, -0.2) is 25.7 Å². The first-order chi connectivity index (χ1) is 11.6. The highest BCUT2D eigenvalue weighted by molar-refractivity contribution is 5.29. The van der Waals surface area contributed by atoms with E-state index in [0.717, 1.165) is 25.6 Å². The van der Waals surface area contributed by atoms with Gasteiger partial charge in [-0.2, -0.15) is 0 Å². The largest absolute Gasteiger partial charge is 0.315 e. The van der Waals surface area contributed by atoms with Gasteiger partial charge in [-0.05, 0) is 45.1 Å². The third-order valence-electron chi connectivity index (χ3n) is 5.23. The lowest BCUT2D eigenvalue weighted by molar-refractivity contribution is 0.282. The summed E-state index contributed by atoms with van der Waals surface area (Å²) in [6.45, 7) is 17.4. The van der Waals surface area contributed by atoms with Crippen LogP contribution in [0, 0.1) is 11.8 Å². The maximum Gasteiger partial charge on any atom is 0.0164 e. The van der Waals surface area contributed by atoms with Crippen LogP contribution in [0.3, 0.4) is 0 Å². The number of nitrogens with one attached hydrogen (secondary N) is 2. The van der Waals surface area contributed by atoms with E-state index in [1.165, 1.54) is 43.3 Å². The fourth-order valence-corrected chi connectivity index (χ4v) is 3.60. The molecule has 1 unspecified atom stereocenters. The topological polar surface area (TPSA) is 24.1 Å². The summed E-state index contributed by atoms with van der Waals surface area (Å²) in [5, 5.41) is 7.30. The summed E-state index contributed by atoms with van der Waals surface area (Å²) in [4.78, 5) is 0. The molecule has 0 aromatic carbocycles. The van der Waals surface area contributed by atoms with Crippen LogP contribution in [-0.2, 0) is 0 Å². The van der Waals surface area contributed by atoms with Crippen LogP contribution in [0.4, 0.5) is 0 Å². The van der Waals surface area contributed by atoms with Crippen LogP contribution in [0.2, 0.25) is 0 Å². The van der Waals surface area contributed by atoms with Crippen LogP contribution < -0.4 is 10.6 Å². The van der Waals surface area contributed by atoms with Gasteiger partial charge in [-0.1, -0.05) is 62.3 Å². The molecule has 0 saturated heterocycles. The second kappa shape index (κ2) is 12.3. The van der Waals surface area contributed by atoms with Crippen molar-refractivity contribution in [3.63, 3.8) is 0 Å². The molecule has 1 aliphatic rings. The third-order valence-corrected chi connectivity index (χ3v) is 5.23. The summed E-state index contributed by atoms with van der Waals surface area (Å²) < 4.78 is 0. The Morgan fingerprint density at radius 3 is 2.50 bits per heavy atom. The molecular weight excluding hydrogens is 292 g/mol. The Balaban J connectivity index is 2.31. The van der Waals surface area contributed by atoms with Gasteiger partial charge >= 0.3 is 0 Å². The standard InChI is InChI=1S/C22H38N2/c1-6-8-12-20(7-2)22(18(3)4)17-23-15-16-24-19(5)21-13-10-9-11-14-21/h6-8,12,19,21-24H,1,3,9-11,13-17H2,2,4-5H3/b12-8-,20-7+/t19-,22?/m0/s1. The second-order valence-corrected chi connectivity index (χ2v) is 7.13. The molecule has 1 rings (SSSR count). The van der Waals surface area contributed by atoms with E-state index in [4.69, 9.17) is 0 Å². The molecule has 0 amide bonds. The lowest BCUT2D eigenvalue weighted by Gasteiger charge is -2.28. The van der Waals surface area contributed by atoms with E-state index in [9.17, 15) is 0 Å². The summed E-state index contributed by atoms with van der Waals surface area (Å²) in [7, 11) is 0. The average molecular weight is 331 g/mol. The van der Waals surface area contributed by atoms with Crippen molar-refractivity contribution in [1.29, 1.82) is 0 Å². The minimum absolute atomic E-state index is 0.363. The van der Waals surface area contributed by atoms with Gasteiger partial charge in [0, 0.05) is 31.6 Å². The van der Waals surface area contributed by atoms with Crippen LogP contribution in [0.5, 0.6) is 0 Å². The van der Waals surface area contributed by atoms with Crippen molar-refractivity contribution in [3.05, 3.63) is 48.6 Å². The lowest BCUT2D eigenvalue weighted by atomic mass is 9.84. The number of hydrogen-bond acceptors (Lipinski definition) is 2. The molecule has 0 bridgehead atoms. The second-order valence-electron chi connectivity index (χ2n) is 7.13. The van der Waals surface area contributed by atoms with E-state index in [1.54, 1.807) is 0 Å². The zero-order valence-electron chi connectivity index (χ0n) is 16.1. The van der Waals surface area contributed by atoms with E-state index in [1.807, 2.05) is 12.2 Å². The van der Waals surface area contributed by atoms with E-state index in [-0.39, 0.29) is 0 Å². The first-order valence-corrected chi connectivity index (χ1v) is 9.65. The summed E-state index contributed by atoms with van der Waals surface area (Å²) in [5.41, 5.74) is 2.51. The fourth-order valence-electron chi connectivity index (χ4n) is 3.60. The summed E-state index contributed by atoms with van der Waals surface area (Å²) >= 11 is 0. The molecule has 0 radical (unpaired) electrons. The molecular formula is C22H38N2. The molecule has 2 nitrogen and oxygen atoms in total. The summed E-state index contributed by atoms with van der Waals surface area (Å²) in [6, 6.07) is 0.644. The van der Waals surface area contributed by atoms with Gasteiger partial charge in [0.2, 0.25) is 0 Å². The highest BCUT2D eigenvalue weighted by Crippen LogP contribution is 2.26. The Labute approximate surface area is 150 Å². The maximum atomic E-state index is 4.16. The van der Waals surface area contributed by atoms with Crippen molar-refractivity contribution in [2.45, 2.75) is 58.9 Å². The average Bonchev–Trinajstić information content (AvgIpc) is 2.60. The molecule has 0 aliphatic heterocycles. The Kier molecular flexibility index (Phi) is 10.7. The van der Waals surface area contributed by atoms with Crippen LogP contribution in [0.1, 0.15) is 52.9 Å². The maximum absolute atomic E-state index is 4.16. The summed E-state index contributed by atoms with van der Waals surface area (Å²) in [6.07, 6.45) is 15.2. The zero-order chi connectivity index (χ0) is 17.8. The Hall–Kier alpha value is -1.12. The van der Waals surface area contributed by atoms with Gasteiger partial charge in [-0.15, -0.1) is 0 Å². The molecule has 1 aliphatic carbocycles. The first kappa shape index (κ1) is 20.9. The minimum atomic E-state index is 0.363. The van der Waals surface area contributed by atoms with E-state index >= 15 is 0 Å². The quantitative estimate of drug-likeness (QED) is 0.316. The predicted molar refractivity (Wildman–Crippen MR) is 108 cm³/mol. The Bertz CT molecular complexity index is 427. The molecule has 0 spiro atoms. The van der Waals surface area contributed by atoms with Crippen molar-refractivity contribution < 1.29 is 0 Å². The van der Waals surface area contributed by atoms with Crippen LogP contribution in [0.25, 0.3) is 0 Å². The Morgan fingerprint density at radius 2 is 1.92 bits per heavy atom. The normalized spacial score (nSPS) is 19.4. The van der Waals surface area contributed by atoms with Gasteiger partial charge in [0.25, 0.3) is 0 Å². The molecule has 2 atom stereocenters. The molecule has 24 heavy (non-hydrogen) atoms. The molecule has 1 fully saturated rings. The molecule has 0 aromatic heterocycles. The van der Waals surface area contributed by atoms with Crippen molar-refractivity contribution in [1.82, 2.24) is 10.6 Å². The first-order valence-electron chi connectivity index (χ1n) is 9.65. The smallest absolute Gasteiger partial charge is 0.0164 e. The minimum Gasteiger partial charge on any atom is -0.315 e. The Morgan fingerprint density at radius 1 is 1.21 bits per heavy atom. The zero-order valence-corrected chi connectivity index (χ0v) is 16.1. The molecule has 0 heterocycles. The van der Waals surface area contributed by atoms with E-state index in [0.29, 0.717) is 12.0 Å². The van der Waals surface area contributed by atoms with E-state index < -0.39 is 0 Å². The van der Waals surface area contributed by atoms with Crippen molar-refractivity contribution in [3.8, 4) is 0 Å². The van der Waals surface area contributed by atoms with Crippen LogP contribution in [0.15, 0.2) is 48.6 Å². The fraction of sp³-hybridized carbons (Fsp3) is 0.636. The van der Waals surface area contributed by atoms with Crippen LogP contribution >= 0.6 is 0 Å². The van der Waals surface area contributed by atoms with Gasteiger partial charge in [0.15, 0.2) is 0 Å². The molecule has 1 saturated carbocycles. The monoisotopic (exact) mass is 330 g/mol. The molecule has 0 aromatic rings. The number of allylic oxidation sites excluding steroid dienone is 4. The summed E-state index contributed by atoms with van der Waals surface area (Å²) in [5.74, 6) is 1.24. The molecule has 2 heteroatoms. The lowest BCUT2D eigenvalue weighted by Crippen LogP contribution is -2.39.